The fraction of sp³-hybridized carbons (Fsp3) is 0.154. The molecule has 1 heterocycles. The second kappa shape index (κ2) is 5.80. The second-order valence-electron chi connectivity index (χ2n) is 4.69. The van der Waals surface area contributed by atoms with Crippen LogP contribution in [0.1, 0.15) is 5.56 Å². The number of carbonyl (C=O) groups excluding carboxylic acids is 3. The van der Waals surface area contributed by atoms with E-state index in [1.54, 1.807) is 0 Å². The van der Waals surface area contributed by atoms with E-state index >= 15 is 0 Å². The van der Waals surface area contributed by atoms with Crippen molar-refractivity contribution >= 4 is 45.5 Å². The molecule has 0 saturated carbocycles. The van der Waals surface area contributed by atoms with Gasteiger partial charge in [-0.1, -0.05) is 15.9 Å². The Hall–Kier alpha value is -2.75. The number of urea groups is 1. The molecule has 4 amide bonds. The number of benzene rings is 1. The average molecular weight is 384 g/mol. The minimum atomic E-state index is -0.861. The molecular formula is C13H10BrN3O6. The van der Waals surface area contributed by atoms with Gasteiger partial charge < -0.3 is 5.11 Å². The maximum Gasteiger partial charge on any atom is 0.333 e. The molecule has 1 N–H and O–H groups in total. The number of hydrogen-bond donors (Lipinski definition) is 1. The molecule has 9 nitrogen and oxygen atoms in total. The number of hydrogen-bond acceptors (Lipinski definition) is 6. The fourth-order valence-corrected chi connectivity index (χ4v) is 2.45. The summed E-state index contributed by atoms with van der Waals surface area (Å²) in [7, 11) is 2.40. The quantitative estimate of drug-likeness (QED) is 0.357. The van der Waals surface area contributed by atoms with Gasteiger partial charge >= 0.3 is 11.7 Å². The van der Waals surface area contributed by atoms with Crippen molar-refractivity contribution in [1.29, 1.82) is 0 Å². The number of phenols is 1. The molecule has 0 bridgehead atoms. The molecule has 1 aliphatic heterocycles. The highest BCUT2D eigenvalue weighted by molar-refractivity contribution is 9.10. The number of aromatic hydroxyl groups is 1. The molecule has 2 rings (SSSR count). The van der Waals surface area contributed by atoms with Crippen molar-refractivity contribution in [2.45, 2.75) is 0 Å². The third kappa shape index (κ3) is 2.80. The molecule has 0 radical (unpaired) electrons. The van der Waals surface area contributed by atoms with Gasteiger partial charge in [0.25, 0.3) is 11.8 Å². The molecule has 0 unspecified atom stereocenters. The van der Waals surface area contributed by atoms with Crippen molar-refractivity contribution in [3.63, 3.8) is 0 Å². The Labute approximate surface area is 138 Å². The van der Waals surface area contributed by atoms with Crippen LogP contribution < -0.4 is 0 Å². The number of rotatable bonds is 2. The Kier molecular flexibility index (Phi) is 4.19. The van der Waals surface area contributed by atoms with E-state index in [1.807, 2.05) is 0 Å². The van der Waals surface area contributed by atoms with Crippen molar-refractivity contribution in [3.8, 4) is 5.75 Å². The first-order chi connectivity index (χ1) is 10.6. The molecular weight excluding hydrogens is 374 g/mol. The number of nitro benzene ring substituents is 1. The summed E-state index contributed by atoms with van der Waals surface area (Å²) < 4.78 is 0.280. The first-order valence-electron chi connectivity index (χ1n) is 6.13. The molecule has 1 aliphatic rings. The van der Waals surface area contributed by atoms with Crippen molar-refractivity contribution in [3.05, 3.63) is 37.9 Å². The molecule has 0 spiro atoms. The number of nitro groups is 1. The van der Waals surface area contributed by atoms with Crippen LogP contribution in [0, 0.1) is 10.1 Å². The van der Waals surface area contributed by atoms with Gasteiger partial charge in [0.2, 0.25) is 5.75 Å². The van der Waals surface area contributed by atoms with Crippen molar-refractivity contribution in [2.75, 3.05) is 14.1 Å². The van der Waals surface area contributed by atoms with Crippen LogP contribution in [-0.4, -0.2) is 51.8 Å². The normalized spacial score (nSPS) is 15.3. The van der Waals surface area contributed by atoms with Gasteiger partial charge in [-0.3, -0.25) is 29.5 Å². The molecule has 1 saturated heterocycles. The zero-order chi connectivity index (χ0) is 17.5. The number of likely N-dealkylation sites (N-methyl/N-ethyl adjacent to an activating group) is 2. The third-order valence-corrected chi connectivity index (χ3v) is 3.68. The van der Waals surface area contributed by atoms with Crippen molar-refractivity contribution in [1.82, 2.24) is 9.80 Å². The molecule has 0 aromatic heterocycles. The highest BCUT2D eigenvalue weighted by Gasteiger charge is 2.38. The first-order valence-corrected chi connectivity index (χ1v) is 6.93. The van der Waals surface area contributed by atoms with Crippen LogP contribution in [0.4, 0.5) is 10.5 Å². The minimum absolute atomic E-state index is 0.0982. The number of halogens is 1. The standard InChI is InChI=1S/C13H10BrN3O6/c1-15-11(19)8(12(20)16(2)13(15)21)4-6-3-7(14)5-9(10(6)18)17(22)23/h3-5,18H,1-2H3. The molecule has 0 aliphatic carbocycles. The van der Waals surface area contributed by atoms with E-state index in [2.05, 4.69) is 15.9 Å². The van der Waals surface area contributed by atoms with Crippen molar-refractivity contribution in [2.24, 2.45) is 0 Å². The van der Waals surface area contributed by atoms with E-state index in [0.29, 0.717) is 0 Å². The zero-order valence-electron chi connectivity index (χ0n) is 11.9. The lowest BCUT2D eigenvalue weighted by Gasteiger charge is -2.28. The number of imide groups is 2. The summed E-state index contributed by atoms with van der Waals surface area (Å²) in [5.41, 5.74) is -1.07. The molecule has 1 fully saturated rings. The predicted octanol–water partition coefficient (Wildman–Crippen LogP) is 1.50. The summed E-state index contributed by atoms with van der Waals surface area (Å²) in [6, 6.07) is 1.61. The van der Waals surface area contributed by atoms with E-state index < -0.39 is 39.8 Å². The SMILES string of the molecule is CN1C(=O)C(=Cc2cc(Br)cc([N+](=O)[O-])c2O)C(=O)N(C)C1=O. The first kappa shape index (κ1) is 16.6. The lowest BCUT2D eigenvalue weighted by Crippen LogP contribution is -2.52. The van der Waals surface area contributed by atoms with E-state index in [-0.39, 0.29) is 10.0 Å². The molecule has 120 valence electrons. The Morgan fingerprint density at radius 2 is 1.70 bits per heavy atom. The van der Waals surface area contributed by atoms with E-state index in [1.165, 1.54) is 20.2 Å². The summed E-state index contributed by atoms with van der Waals surface area (Å²) in [5, 5.41) is 20.9. The predicted molar refractivity (Wildman–Crippen MR) is 81.4 cm³/mol. The highest BCUT2D eigenvalue weighted by atomic mass is 79.9. The molecule has 23 heavy (non-hydrogen) atoms. The number of phenolic OH excluding ortho intramolecular Hbond substituents is 1. The van der Waals surface area contributed by atoms with E-state index in [4.69, 9.17) is 0 Å². The van der Waals surface area contributed by atoms with Gasteiger partial charge in [0, 0.05) is 30.2 Å². The zero-order valence-corrected chi connectivity index (χ0v) is 13.5. The molecule has 1 aromatic rings. The maximum absolute atomic E-state index is 12.1. The highest BCUT2D eigenvalue weighted by Crippen LogP contribution is 2.35. The monoisotopic (exact) mass is 383 g/mol. The van der Waals surface area contributed by atoms with Gasteiger partial charge in [-0.25, -0.2) is 4.79 Å². The van der Waals surface area contributed by atoms with Crippen LogP contribution in [0.3, 0.4) is 0 Å². The third-order valence-electron chi connectivity index (χ3n) is 3.22. The van der Waals surface area contributed by atoms with Crippen molar-refractivity contribution < 1.29 is 24.4 Å². The lowest BCUT2D eigenvalue weighted by molar-refractivity contribution is -0.385. The Morgan fingerprint density at radius 3 is 2.17 bits per heavy atom. The van der Waals surface area contributed by atoms with Gasteiger partial charge in [0.05, 0.1) is 4.92 Å². The van der Waals surface area contributed by atoms with Gasteiger partial charge in [-0.05, 0) is 12.1 Å². The minimum Gasteiger partial charge on any atom is -0.502 e. The molecule has 10 heteroatoms. The Morgan fingerprint density at radius 1 is 1.17 bits per heavy atom. The summed E-state index contributed by atoms with van der Waals surface area (Å²) >= 11 is 3.05. The van der Waals surface area contributed by atoms with Gasteiger partial charge in [0.15, 0.2) is 0 Å². The van der Waals surface area contributed by atoms with Crippen LogP contribution in [0.2, 0.25) is 0 Å². The van der Waals surface area contributed by atoms with Gasteiger partial charge in [0.1, 0.15) is 5.57 Å². The van der Waals surface area contributed by atoms with Crippen LogP contribution in [-0.2, 0) is 9.59 Å². The second-order valence-corrected chi connectivity index (χ2v) is 5.60. The summed E-state index contributed by atoms with van der Waals surface area (Å²) in [5.74, 6) is -2.41. The van der Waals surface area contributed by atoms with E-state index in [9.17, 15) is 29.6 Å². The van der Waals surface area contributed by atoms with Gasteiger partial charge in [-0.2, -0.15) is 0 Å². The number of amides is 4. The molecule has 0 atom stereocenters. The fourth-order valence-electron chi connectivity index (χ4n) is 1.99. The van der Waals surface area contributed by atoms with Gasteiger partial charge in [-0.15, -0.1) is 0 Å². The van der Waals surface area contributed by atoms with Crippen LogP contribution >= 0.6 is 15.9 Å². The Bertz CT molecular complexity index is 762. The lowest BCUT2D eigenvalue weighted by atomic mass is 10.1. The van der Waals surface area contributed by atoms with Crippen LogP contribution in [0.5, 0.6) is 5.75 Å². The number of barbiturate groups is 1. The Balaban J connectivity index is 2.62. The van der Waals surface area contributed by atoms with E-state index in [0.717, 1.165) is 21.9 Å². The smallest absolute Gasteiger partial charge is 0.333 e. The van der Waals surface area contributed by atoms with Crippen LogP contribution in [0.15, 0.2) is 22.2 Å². The maximum atomic E-state index is 12.1. The summed E-state index contributed by atoms with van der Waals surface area (Å²) in [4.78, 5) is 47.4. The largest absolute Gasteiger partial charge is 0.502 e. The number of nitrogens with zero attached hydrogens (tertiary/aromatic N) is 3. The average Bonchev–Trinajstić information content (AvgIpc) is 2.50. The number of carbonyl (C=O) groups is 3. The summed E-state index contributed by atoms with van der Waals surface area (Å²) in [6.45, 7) is 0. The molecule has 1 aromatic carbocycles. The summed E-state index contributed by atoms with van der Waals surface area (Å²) in [6.07, 6.45) is 1.01. The topological polar surface area (TPSA) is 121 Å². The van der Waals surface area contributed by atoms with Crippen LogP contribution in [0.25, 0.3) is 6.08 Å².